The zero-order chi connectivity index (χ0) is 19.5. The summed E-state index contributed by atoms with van der Waals surface area (Å²) in [6, 6.07) is 11.7. The molecule has 0 unspecified atom stereocenters. The molecule has 0 N–H and O–H groups in total. The van der Waals surface area contributed by atoms with Crippen molar-refractivity contribution in [2.45, 2.75) is 32.4 Å². The number of fused-ring (bicyclic) bond motifs is 1. The summed E-state index contributed by atoms with van der Waals surface area (Å²) in [6.07, 6.45) is 6.26. The molecule has 1 aliphatic heterocycles. The van der Waals surface area contributed by atoms with Crippen LogP contribution in [0.2, 0.25) is 0 Å². The second kappa shape index (κ2) is 7.80. The second-order valence-electron chi connectivity index (χ2n) is 7.02. The van der Waals surface area contributed by atoms with E-state index in [0.29, 0.717) is 37.5 Å². The summed E-state index contributed by atoms with van der Waals surface area (Å²) in [6.45, 7) is 3.53. The van der Waals surface area contributed by atoms with Crippen molar-refractivity contribution in [1.29, 1.82) is 0 Å². The van der Waals surface area contributed by atoms with Crippen LogP contribution in [0.3, 0.4) is 0 Å². The van der Waals surface area contributed by atoms with Crippen molar-refractivity contribution in [2.24, 2.45) is 0 Å². The van der Waals surface area contributed by atoms with Crippen molar-refractivity contribution >= 4 is 17.6 Å². The van der Waals surface area contributed by atoms with Gasteiger partial charge < -0.3 is 9.80 Å². The number of benzene rings is 1. The lowest BCUT2D eigenvalue weighted by atomic mass is 10.1. The summed E-state index contributed by atoms with van der Waals surface area (Å²) >= 11 is 0. The van der Waals surface area contributed by atoms with E-state index in [-0.39, 0.29) is 17.9 Å². The number of amides is 2. The molecule has 7 heteroatoms. The molecule has 28 heavy (non-hydrogen) atoms. The van der Waals surface area contributed by atoms with Gasteiger partial charge in [0.2, 0.25) is 11.7 Å². The average Bonchev–Trinajstić information content (AvgIpc) is 3.10. The number of hydrogen-bond acceptors (Lipinski definition) is 4. The normalized spacial score (nSPS) is 17.8. The minimum absolute atomic E-state index is 0.0192. The molecule has 0 bridgehead atoms. The number of nitrogens with zero attached hydrogens (tertiary/aromatic N) is 5. The van der Waals surface area contributed by atoms with E-state index in [2.05, 4.69) is 16.9 Å². The zero-order valence-electron chi connectivity index (χ0n) is 15.9. The molecule has 0 spiro atoms. The third kappa shape index (κ3) is 3.60. The van der Waals surface area contributed by atoms with Gasteiger partial charge >= 0.3 is 0 Å². The second-order valence-corrected chi connectivity index (χ2v) is 7.02. The summed E-state index contributed by atoms with van der Waals surface area (Å²) in [5.74, 6) is 0.426. The van der Waals surface area contributed by atoms with E-state index in [1.165, 1.54) is 0 Å². The standard InChI is InChI=1S/C21H23N5O2/c1-2-17-14-24(20(28)18-15-25-11-6-10-22-21(25)23-18)12-9-19(27)26(17)13-16-7-4-3-5-8-16/h3-8,10-11,15,17H,2,9,12-14H2,1H3/t17-/m1/s1. The first-order valence-electron chi connectivity index (χ1n) is 9.58. The molecule has 0 aliphatic carbocycles. The Labute approximate surface area is 163 Å². The van der Waals surface area contributed by atoms with Crippen molar-refractivity contribution in [3.05, 3.63) is 66.2 Å². The van der Waals surface area contributed by atoms with Crippen LogP contribution < -0.4 is 0 Å². The zero-order valence-corrected chi connectivity index (χ0v) is 15.9. The molecule has 4 rings (SSSR count). The van der Waals surface area contributed by atoms with Gasteiger partial charge in [-0.1, -0.05) is 37.3 Å². The molecule has 0 radical (unpaired) electrons. The number of hydrogen-bond donors (Lipinski definition) is 0. The fourth-order valence-corrected chi connectivity index (χ4v) is 3.65. The van der Waals surface area contributed by atoms with Crippen LogP contribution in [-0.4, -0.2) is 55.1 Å². The number of aromatic nitrogens is 3. The fraction of sp³-hybridized carbons (Fsp3) is 0.333. The highest BCUT2D eigenvalue weighted by atomic mass is 16.2. The Hall–Kier alpha value is -3.22. The minimum atomic E-state index is -0.154. The lowest BCUT2D eigenvalue weighted by Crippen LogP contribution is -2.43. The van der Waals surface area contributed by atoms with Crippen LogP contribution in [0.15, 0.2) is 55.0 Å². The molecule has 1 fully saturated rings. The highest BCUT2D eigenvalue weighted by Gasteiger charge is 2.31. The van der Waals surface area contributed by atoms with Crippen molar-refractivity contribution in [1.82, 2.24) is 24.2 Å². The van der Waals surface area contributed by atoms with Crippen molar-refractivity contribution in [2.75, 3.05) is 13.1 Å². The van der Waals surface area contributed by atoms with Crippen LogP contribution in [0.5, 0.6) is 0 Å². The lowest BCUT2D eigenvalue weighted by molar-refractivity contribution is -0.133. The smallest absolute Gasteiger partial charge is 0.274 e. The topological polar surface area (TPSA) is 70.8 Å². The van der Waals surface area contributed by atoms with Crippen molar-refractivity contribution in [3.63, 3.8) is 0 Å². The molecule has 1 atom stereocenters. The predicted molar refractivity (Wildman–Crippen MR) is 105 cm³/mol. The van der Waals surface area contributed by atoms with Crippen LogP contribution in [-0.2, 0) is 11.3 Å². The van der Waals surface area contributed by atoms with Gasteiger partial charge in [-0.2, -0.15) is 0 Å². The van der Waals surface area contributed by atoms with Gasteiger partial charge in [0, 0.05) is 50.7 Å². The Morgan fingerprint density at radius 1 is 1.21 bits per heavy atom. The summed E-state index contributed by atoms with van der Waals surface area (Å²) in [4.78, 5) is 38.0. The largest absolute Gasteiger partial charge is 0.335 e. The number of rotatable bonds is 4. The Bertz CT molecular complexity index is 952. The van der Waals surface area contributed by atoms with E-state index < -0.39 is 0 Å². The first-order chi connectivity index (χ1) is 13.7. The molecule has 2 aromatic heterocycles. The van der Waals surface area contributed by atoms with Gasteiger partial charge in [-0.25, -0.2) is 9.97 Å². The predicted octanol–water partition coefficient (Wildman–Crippen LogP) is 2.38. The lowest BCUT2D eigenvalue weighted by Gasteiger charge is -2.31. The van der Waals surface area contributed by atoms with Gasteiger partial charge in [-0.05, 0) is 18.1 Å². The molecule has 1 aliphatic rings. The van der Waals surface area contributed by atoms with Crippen LogP contribution >= 0.6 is 0 Å². The summed E-state index contributed by atoms with van der Waals surface area (Å²) < 4.78 is 1.73. The number of carbonyl (C=O) groups is 2. The molecule has 7 nitrogen and oxygen atoms in total. The van der Waals surface area contributed by atoms with Crippen LogP contribution in [0, 0.1) is 0 Å². The Morgan fingerprint density at radius 3 is 2.79 bits per heavy atom. The first kappa shape index (κ1) is 18.2. The van der Waals surface area contributed by atoms with E-state index in [1.807, 2.05) is 41.4 Å². The summed E-state index contributed by atoms with van der Waals surface area (Å²) in [7, 11) is 0. The van der Waals surface area contributed by atoms with Gasteiger partial charge in [0.1, 0.15) is 5.69 Å². The minimum Gasteiger partial charge on any atom is -0.335 e. The SMILES string of the molecule is CC[C@@H]1CN(C(=O)c2cn3cccnc3n2)CCC(=O)N1Cc1ccccc1. The van der Waals surface area contributed by atoms with Gasteiger partial charge in [0.15, 0.2) is 0 Å². The van der Waals surface area contributed by atoms with Gasteiger partial charge in [0.25, 0.3) is 5.91 Å². The maximum Gasteiger partial charge on any atom is 0.274 e. The van der Waals surface area contributed by atoms with E-state index in [1.54, 1.807) is 27.8 Å². The summed E-state index contributed by atoms with van der Waals surface area (Å²) in [5.41, 5.74) is 1.46. The third-order valence-electron chi connectivity index (χ3n) is 5.20. The first-order valence-corrected chi connectivity index (χ1v) is 9.58. The Balaban J connectivity index is 1.55. The van der Waals surface area contributed by atoms with Gasteiger partial charge in [0.05, 0.1) is 0 Å². The van der Waals surface area contributed by atoms with E-state index in [4.69, 9.17) is 0 Å². The Kier molecular flexibility index (Phi) is 5.06. The van der Waals surface area contributed by atoms with Crippen LogP contribution in [0.25, 0.3) is 5.78 Å². The van der Waals surface area contributed by atoms with Crippen LogP contribution in [0.1, 0.15) is 35.8 Å². The molecule has 0 saturated carbocycles. The average molecular weight is 377 g/mol. The number of imidazole rings is 1. The summed E-state index contributed by atoms with van der Waals surface area (Å²) in [5, 5.41) is 0. The van der Waals surface area contributed by atoms with E-state index in [9.17, 15) is 9.59 Å². The maximum atomic E-state index is 13.0. The quantitative estimate of drug-likeness (QED) is 0.700. The molecule has 1 aromatic carbocycles. The van der Waals surface area contributed by atoms with Gasteiger partial charge in [-0.3, -0.25) is 14.0 Å². The van der Waals surface area contributed by atoms with Crippen LogP contribution in [0.4, 0.5) is 0 Å². The highest BCUT2D eigenvalue weighted by molar-refractivity contribution is 5.93. The third-order valence-corrected chi connectivity index (χ3v) is 5.20. The molecule has 144 valence electrons. The van der Waals surface area contributed by atoms with Crippen molar-refractivity contribution < 1.29 is 9.59 Å². The maximum absolute atomic E-state index is 13.0. The van der Waals surface area contributed by atoms with Gasteiger partial charge in [-0.15, -0.1) is 0 Å². The highest BCUT2D eigenvalue weighted by Crippen LogP contribution is 2.19. The number of carbonyl (C=O) groups excluding carboxylic acids is 2. The Morgan fingerprint density at radius 2 is 2.04 bits per heavy atom. The van der Waals surface area contributed by atoms with E-state index >= 15 is 0 Å². The van der Waals surface area contributed by atoms with Crippen molar-refractivity contribution in [3.8, 4) is 0 Å². The molecular formula is C21H23N5O2. The molecule has 3 heterocycles. The molecule has 1 saturated heterocycles. The molecule has 3 aromatic rings. The monoisotopic (exact) mass is 377 g/mol. The molecule has 2 amide bonds. The van der Waals surface area contributed by atoms with E-state index in [0.717, 1.165) is 12.0 Å². The molecular weight excluding hydrogens is 354 g/mol. The fourth-order valence-electron chi connectivity index (χ4n) is 3.65.